The summed E-state index contributed by atoms with van der Waals surface area (Å²) in [6.07, 6.45) is 9.39. The van der Waals surface area contributed by atoms with E-state index in [0.29, 0.717) is 17.7 Å². The van der Waals surface area contributed by atoms with Gasteiger partial charge in [0.05, 0.1) is 22.0 Å². The van der Waals surface area contributed by atoms with Gasteiger partial charge < -0.3 is 9.84 Å². The van der Waals surface area contributed by atoms with E-state index in [1.54, 1.807) is 6.07 Å². The molecule has 1 atom stereocenters. The van der Waals surface area contributed by atoms with Crippen molar-refractivity contribution >= 4 is 15.7 Å². The van der Waals surface area contributed by atoms with Crippen LogP contribution >= 0.6 is 0 Å². The highest BCUT2D eigenvalue weighted by molar-refractivity contribution is 6.40. The first kappa shape index (κ1) is 18.8. The number of aromatic hydroxyl groups is 1. The van der Waals surface area contributed by atoms with Crippen LogP contribution in [0.3, 0.4) is 0 Å². The van der Waals surface area contributed by atoms with E-state index < -0.39 is 5.21 Å². The van der Waals surface area contributed by atoms with E-state index >= 15 is 0 Å². The molecule has 1 aliphatic rings. The monoisotopic (exact) mass is 320 g/mol. The molecular weight excluding hydrogens is 294 g/mol. The number of ether oxygens (including phenoxy) is 1. The molecule has 0 fully saturated rings. The third-order valence-corrected chi connectivity index (χ3v) is 4.75. The number of allylic oxidation sites excluding steroid dienone is 2. The summed E-state index contributed by atoms with van der Waals surface area (Å²) in [5.41, 5.74) is 2.82. The smallest absolute Gasteiger partial charge is 0.134 e. The van der Waals surface area contributed by atoms with E-state index in [9.17, 15) is 5.11 Å². The van der Waals surface area contributed by atoms with Crippen LogP contribution in [0.1, 0.15) is 69.4 Å². The van der Waals surface area contributed by atoms with Gasteiger partial charge in [-0.25, -0.2) is 0 Å². The van der Waals surface area contributed by atoms with Gasteiger partial charge in [0.2, 0.25) is 0 Å². The predicted molar refractivity (Wildman–Crippen MR) is 102 cm³/mol. The summed E-state index contributed by atoms with van der Waals surface area (Å²) in [5.74, 6) is 0.924. The lowest BCUT2D eigenvalue weighted by Gasteiger charge is -2.29. The molecule has 0 bridgehead atoms. The first-order valence-corrected chi connectivity index (χ1v) is 8.79. The average Bonchev–Trinajstić information content (AvgIpc) is 2.53. The lowest BCUT2D eigenvalue weighted by molar-refractivity contribution is 0.432. The van der Waals surface area contributed by atoms with E-state index in [1.165, 1.54) is 11.8 Å². The van der Waals surface area contributed by atoms with Crippen molar-refractivity contribution < 1.29 is 9.84 Å². The SMILES string of the molecule is [B]C([B])(CCCC)c1cc(O)c(C2C=C(C)CCC2)c(OC=C)c1. The number of rotatable bonds is 7. The third-order valence-electron chi connectivity index (χ3n) is 4.75. The standard InChI is InChI=1S/C20H26B2O2/c1-4-6-10-20(21,22)16-12-17(23)19(18(13-16)24-5-2)15-9-7-8-14(3)11-15/h5,11-13,15,23H,2,4,6-10H2,1,3H3. The van der Waals surface area contributed by atoms with Crippen molar-refractivity contribution in [3.63, 3.8) is 0 Å². The van der Waals surface area contributed by atoms with Gasteiger partial charge >= 0.3 is 0 Å². The molecule has 0 spiro atoms. The van der Waals surface area contributed by atoms with Gasteiger partial charge in [-0.3, -0.25) is 0 Å². The number of hydrogen-bond acceptors (Lipinski definition) is 2. The van der Waals surface area contributed by atoms with E-state index in [0.717, 1.165) is 37.7 Å². The van der Waals surface area contributed by atoms with Crippen LogP contribution in [0.15, 0.2) is 36.6 Å². The maximum Gasteiger partial charge on any atom is 0.134 e. The molecule has 1 aromatic rings. The van der Waals surface area contributed by atoms with E-state index in [1.807, 2.05) is 6.07 Å². The van der Waals surface area contributed by atoms with E-state index in [4.69, 9.17) is 20.4 Å². The van der Waals surface area contributed by atoms with Gasteiger partial charge in [-0.05, 0) is 38.3 Å². The van der Waals surface area contributed by atoms with E-state index in [2.05, 4.69) is 26.5 Å². The highest BCUT2D eigenvalue weighted by atomic mass is 16.5. The van der Waals surface area contributed by atoms with Gasteiger partial charge in [0.25, 0.3) is 0 Å². The summed E-state index contributed by atoms with van der Waals surface area (Å²) in [6, 6.07) is 3.54. The average molecular weight is 320 g/mol. The molecule has 124 valence electrons. The molecule has 0 heterocycles. The van der Waals surface area contributed by atoms with Crippen molar-refractivity contribution in [1.82, 2.24) is 0 Å². The summed E-state index contributed by atoms with van der Waals surface area (Å²) in [6.45, 7) is 7.87. The zero-order chi connectivity index (χ0) is 17.7. The number of unbranched alkanes of at least 4 members (excludes halogenated alkanes) is 1. The van der Waals surface area contributed by atoms with Crippen LogP contribution < -0.4 is 4.74 Å². The third kappa shape index (κ3) is 4.28. The Hall–Kier alpha value is -1.57. The largest absolute Gasteiger partial charge is 0.507 e. The summed E-state index contributed by atoms with van der Waals surface area (Å²) in [4.78, 5) is 0. The fourth-order valence-electron chi connectivity index (χ4n) is 3.39. The van der Waals surface area contributed by atoms with Crippen molar-refractivity contribution in [1.29, 1.82) is 0 Å². The zero-order valence-electron chi connectivity index (χ0n) is 14.8. The normalized spacial score (nSPS) is 18.1. The Labute approximate surface area is 148 Å². The van der Waals surface area contributed by atoms with Crippen molar-refractivity contribution in [2.24, 2.45) is 0 Å². The molecular formula is C20H26B2O2. The Morgan fingerprint density at radius 1 is 1.42 bits per heavy atom. The molecule has 0 saturated carbocycles. The summed E-state index contributed by atoms with van der Waals surface area (Å²) < 4.78 is 5.61. The summed E-state index contributed by atoms with van der Waals surface area (Å²) in [5, 5.41) is 9.69. The molecule has 2 rings (SSSR count). The van der Waals surface area contributed by atoms with Crippen LogP contribution in [0, 0.1) is 0 Å². The van der Waals surface area contributed by atoms with Crippen molar-refractivity contribution in [3.8, 4) is 11.5 Å². The lowest BCUT2D eigenvalue weighted by atomic mass is 9.49. The molecule has 1 unspecified atom stereocenters. The minimum absolute atomic E-state index is 0.142. The minimum atomic E-state index is -0.983. The molecule has 1 N–H and O–H groups in total. The fraction of sp³-hybridized carbons (Fsp3) is 0.500. The first-order chi connectivity index (χ1) is 11.4. The van der Waals surface area contributed by atoms with E-state index in [-0.39, 0.29) is 11.7 Å². The Kier molecular flexibility index (Phi) is 6.26. The highest BCUT2D eigenvalue weighted by Gasteiger charge is 2.26. The molecule has 1 aliphatic carbocycles. The van der Waals surface area contributed by atoms with Gasteiger partial charge in [-0.1, -0.05) is 55.2 Å². The summed E-state index contributed by atoms with van der Waals surface area (Å²) in [7, 11) is 12.6. The minimum Gasteiger partial charge on any atom is -0.507 e. The molecule has 1 aromatic carbocycles. The number of hydrogen-bond donors (Lipinski definition) is 1. The topological polar surface area (TPSA) is 29.5 Å². The molecule has 4 heteroatoms. The highest BCUT2D eigenvalue weighted by Crippen LogP contribution is 2.43. The fourth-order valence-corrected chi connectivity index (χ4v) is 3.39. The van der Waals surface area contributed by atoms with Crippen LogP contribution in [0.25, 0.3) is 0 Å². The molecule has 0 aliphatic heterocycles. The Bertz CT molecular complexity index is 620. The lowest BCUT2D eigenvalue weighted by Crippen LogP contribution is -2.27. The van der Waals surface area contributed by atoms with Gasteiger partial charge in [0.1, 0.15) is 11.5 Å². The van der Waals surface area contributed by atoms with Crippen LogP contribution in [-0.4, -0.2) is 20.8 Å². The maximum atomic E-state index is 10.7. The molecule has 0 aromatic heterocycles. The second kappa shape index (κ2) is 8.00. The van der Waals surface area contributed by atoms with Gasteiger partial charge in [0, 0.05) is 11.5 Å². The zero-order valence-corrected chi connectivity index (χ0v) is 14.8. The second-order valence-electron chi connectivity index (χ2n) is 6.85. The van der Waals surface area contributed by atoms with Gasteiger partial charge in [0.15, 0.2) is 0 Å². The molecule has 24 heavy (non-hydrogen) atoms. The molecule has 0 saturated heterocycles. The predicted octanol–water partition coefficient (Wildman–Crippen LogP) is 4.81. The number of phenolic OH excluding ortho intramolecular Hbond substituents is 1. The maximum absolute atomic E-state index is 10.7. The first-order valence-electron chi connectivity index (χ1n) is 8.79. The van der Waals surface area contributed by atoms with Gasteiger partial charge in [-0.2, -0.15) is 0 Å². The quantitative estimate of drug-likeness (QED) is 0.444. The molecule has 2 nitrogen and oxygen atoms in total. The molecule has 0 amide bonds. The Morgan fingerprint density at radius 2 is 2.17 bits per heavy atom. The van der Waals surface area contributed by atoms with Crippen LogP contribution in [0.4, 0.5) is 0 Å². The van der Waals surface area contributed by atoms with Crippen LogP contribution in [0.5, 0.6) is 11.5 Å². The van der Waals surface area contributed by atoms with Crippen molar-refractivity contribution in [3.05, 3.63) is 47.7 Å². The Morgan fingerprint density at radius 3 is 2.79 bits per heavy atom. The molecule has 4 radical (unpaired) electrons. The van der Waals surface area contributed by atoms with Gasteiger partial charge in [-0.15, -0.1) is 0 Å². The number of benzene rings is 1. The summed E-state index contributed by atoms with van der Waals surface area (Å²) >= 11 is 0. The van der Waals surface area contributed by atoms with Crippen molar-refractivity contribution in [2.45, 2.75) is 63.5 Å². The van der Waals surface area contributed by atoms with Crippen LogP contribution in [0.2, 0.25) is 0 Å². The second-order valence-corrected chi connectivity index (χ2v) is 6.85. The Balaban J connectivity index is 2.46. The van der Waals surface area contributed by atoms with Crippen LogP contribution in [-0.2, 0) is 5.21 Å². The van der Waals surface area contributed by atoms with Crippen molar-refractivity contribution in [2.75, 3.05) is 0 Å². The number of phenols is 1.